The Hall–Kier alpha value is -3.75. The Labute approximate surface area is 166 Å². The minimum absolute atomic E-state index is 0.0370. The first-order valence-corrected chi connectivity index (χ1v) is 8.93. The monoisotopic (exact) mass is 399 g/mol. The van der Waals surface area contributed by atoms with Crippen LogP contribution in [0.15, 0.2) is 54.6 Å². The summed E-state index contributed by atoms with van der Waals surface area (Å²) in [4.78, 5) is 45.2. The number of carbonyl (C=O) groups is 3. The summed E-state index contributed by atoms with van der Waals surface area (Å²) in [5, 5.41) is 24.8. The molecule has 0 fully saturated rings. The summed E-state index contributed by atoms with van der Waals surface area (Å²) in [5.74, 6) is -1.90. The average molecular weight is 399 g/mol. The molecule has 0 heterocycles. The predicted octanol–water partition coefficient (Wildman–Crippen LogP) is 2.52. The van der Waals surface area contributed by atoms with Crippen molar-refractivity contribution in [2.24, 2.45) is 0 Å². The number of rotatable bonds is 10. The number of carbonyl (C=O) groups excluding carboxylic acids is 2. The van der Waals surface area contributed by atoms with Crippen LogP contribution in [0.1, 0.15) is 24.8 Å². The fourth-order valence-electron chi connectivity index (χ4n) is 2.70. The van der Waals surface area contributed by atoms with Gasteiger partial charge in [0.1, 0.15) is 0 Å². The first-order valence-electron chi connectivity index (χ1n) is 8.93. The zero-order valence-corrected chi connectivity index (χ0v) is 15.5. The molecule has 29 heavy (non-hydrogen) atoms. The highest BCUT2D eigenvalue weighted by molar-refractivity contribution is 5.91. The second kappa shape index (κ2) is 10.5. The van der Waals surface area contributed by atoms with Gasteiger partial charge in [0, 0.05) is 36.7 Å². The maximum Gasteiger partial charge on any atom is 0.303 e. The van der Waals surface area contributed by atoms with Crippen molar-refractivity contribution in [1.82, 2.24) is 5.32 Å². The first-order chi connectivity index (χ1) is 13.8. The number of amides is 2. The maximum atomic E-state index is 12.4. The highest BCUT2D eigenvalue weighted by atomic mass is 16.6. The smallest absolute Gasteiger partial charge is 0.303 e. The van der Waals surface area contributed by atoms with Crippen LogP contribution in [0.25, 0.3) is 0 Å². The molecule has 0 aromatic heterocycles. The predicted molar refractivity (Wildman–Crippen MR) is 105 cm³/mol. The molecule has 0 aliphatic carbocycles. The summed E-state index contributed by atoms with van der Waals surface area (Å²) in [6.45, 7) is 0. The van der Waals surface area contributed by atoms with E-state index >= 15 is 0 Å². The number of nitrogens with one attached hydrogen (secondary N) is 2. The molecule has 0 spiro atoms. The molecule has 0 aliphatic rings. The minimum Gasteiger partial charge on any atom is -0.481 e. The van der Waals surface area contributed by atoms with Gasteiger partial charge in [-0.15, -0.1) is 0 Å². The molecule has 0 saturated heterocycles. The van der Waals surface area contributed by atoms with Crippen LogP contribution in [-0.2, 0) is 20.8 Å². The lowest BCUT2D eigenvalue weighted by Gasteiger charge is -2.19. The Balaban J connectivity index is 2.00. The molecular formula is C20H21N3O6. The van der Waals surface area contributed by atoms with Gasteiger partial charge in [0.25, 0.3) is 5.69 Å². The van der Waals surface area contributed by atoms with Crippen molar-refractivity contribution in [3.63, 3.8) is 0 Å². The second-order valence-electron chi connectivity index (χ2n) is 6.40. The first kappa shape index (κ1) is 21.5. The zero-order valence-electron chi connectivity index (χ0n) is 15.5. The fraction of sp³-hybridized carbons (Fsp3) is 0.250. The topological polar surface area (TPSA) is 139 Å². The van der Waals surface area contributed by atoms with Gasteiger partial charge in [-0.25, -0.2) is 0 Å². The molecular weight excluding hydrogens is 378 g/mol. The number of anilines is 1. The largest absolute Gasteiger partial charge is 0.481 e. The van der Waals surface area contributed by atoms with E-state index in [0.29, 0.717) is 12.1 Å². The van der Waals surface area contributed by atoms with E-state index in [2.05, 4.69) is 10.6 Å². The molecule has 2 aromatic rings. The maximum absolute atomic E-state index is 12.4. The molecule has 0 radical (unpaired) electrons. The molecule has 1 atom stereocenters. The van der Waals surface area contributed by atoms with Crippen molar-refractivity contribution in [3.8, 4) is 0 Å². The molecule has 0 unspecified atom stereocenters. The quantitative estimate of drug-likeness (QED) is 0.414. The number of non-ortho nitro benzene ring substituents is 1. The van der Waals surface area contributed by atoms with Gasteiger partial charge in [-0.2, -0.15) is 0 Å². The van der Waals surface area contributed by atoms with E-state index in [0.717, 1.165) is 5.56 Å². The summed E-state index contributed by atoms with van der Waals surface area (Å²) < 4.78 is 0. The summed E-state index contributed by atoms with van der Waals surface area (Å²) in [7, 11) is 0. The number of hydrogen-bond acceptors (Lipinski definition) is 5. The number of benzene rings is 2. The van der Waals surface area contributed by atoms with Crippen LogP contribution in [0.4, 0.5) is 11.4 Å². The Morgan fingerprint density at radius 2 is 1.62 bits per heavy atom. The van der Waals surface area contributed by atoms with Crippen LogP contribution in [0, 0.1) is 10.1 Å². The third-order valence-corrected chi connectivity index (χ3v) is 4.05. The number of carboxylic acids is 1. The third-order valence-electron chi connectivity index (χ3n) is 4.05. The zero-order chi connectivity index (χ0) is 21.2. The Morgan fingerprint density at radius 3 is 2.21 bits per heavy atom. The van der Waals surface area contributed by atoms with Gasteiger partial charge in [-0.3, -0.25) is 24.5 Å². The molecule has 2 aromatic carbocycles. The third kappa shape index (κ3) is 7.79. The molecule has 9 nitrogen and oxygen atoms in total. The van der Waals surface area contributed by atoms with Gasteiger partial charge in [0.05, 0.1) is 11.3 Å². The van der Waals surface area contributed by atoms with E-state index in [9.17, 15) is 24.5 Å². The molecule has 9 heteroatoms. The molecule has 0 bridgehead atoms. The minimum atomic E-state index is -1.07. The van der Waals surface area contributed by atoms with Gasteiger partial charge in [0.15, 0.2) is 0 Å². The van der Waals surface area contributed by atoms with E-state index in [1.165, 1.54) is 24.3 Å². The van der Waals surface area contributed by atoms with Crippen LogP contribution in [-0.4, -0.2) is 33.9 Å². The molecule has 2 amide bonds. The Bertz CT molecular complexity index is 868. The van der Waals surface area contributed by atoms with Crippen LogP contribution in [0.2, 0.25) is 0 Å². The number of nitro groups is 1. The van der Waals surface area contributed by atoms with Crippen LogP contribution >= 0.6 is 0 Å². The molecule has 0 saturated carbocycles. The van der Waals surface area contributed by atoms with Crippen molar-refractivity contribution >= 4 is 29.2 Å². The van der Waals surface area contributed by atoms with Crippen molar-refractivity contribution in [3.05, 3.63) is 70.3 Å². The lowest BCUT2D eigenvalue weighted by Crippen LogP contribution is -2.39. The Morgan fingerprint density at radius 1 is 0.966 bits per heavy atom. The Kier molecular flexibility index (Phi) is 7.84. The van der Waals surface area contributed by atoms with Gasteiger partial charge >= 0.3 is 5.97 Å². The van der Waals surface area contributed by atoms with E-state index < -0.39 is 22.8 Å². The van der Waals surface area contributed by atoms with Gasteiger partial charge in [0.2, 0.25) is 11.8 Å². The number of nitro benzene ring substituents is 1. The number of nitrogens with zero attached hydrogens (tertiary/aromatic N) is 1. The molecule has 0 aliphatic heterocycles. The number of carboxylic acid groups (broad SMARTS) is 1. The van der Waals surface area contributed by atoms with Crippen molar-refractivity contribution in [1.29, 1.82) is 0 Å². The summed E-state index contributed by atoms with van der Waals surface area (Å²) in [6, 6.07) is 14.2. The standard InChI is InChI=1S/C20H21N3O6/c24-18(10-11-20(26)27)22-16(12-14-4-2-1-3-5-14)13-19(25)21-15-6-8-17(9-7-15)23(28)29/h1-9,16H,10-13H2,(H,21,25)(H,22,24)(H,26,27)/t16-/m1/s1. The lowest BCUT2D eigenvalue weighted by atomic mass is 10.0. The molecule has 152 valence electrons. The summed E-state index contributed by atoms with van der Waals surface area (Å²) >= 11 is 0. The van der Waals surface area contributed by atoms with E-state index in [1.807, 2.05) is 30.3 Å². The average Bonchev–Trinajstić information content (AvgIpc) is 2.67. The highest BCUT2D eigenvalue weighted by Gasteiger charge is 2.18. The van der Waals surface area contributed by atoms with E-state index in [-0.39, 0.29) is 30.9 Å². The number of hydrogen-bond donors (Lipinski definition) is 3. The number of aliphatic carboxylic acids is 1. The van der Waals surface area contributed by atoms with Crippen molar-refractivity contribution in [2.45, 2.75) is 31.7 Å². The molecule has 3 N–H and O–H groups in total. The van der Waals surface area contributed by atoms with E-state index in [1.54, 1.807) is 0 Å². The van der Waals surface area contributed by atoms with Gasteiger partial charge in [-0.05, 0) is 24.1 Å². The normalized spacial score (nSPS) is 11.3. The second-order valence-corrected chi connectivity index (χ2v) is 6.40. The SMILES string of the molecule is O=C(O)CCC(=O)N[C@@H](CC(=O)Nc1ccc([N+](=O)[O-])cc1)Cc1ccccc1. The van der Waals surface area contributed by atoms with Crippen molar-refractivity contribution < 1.29 is 24.4 Å². The van der Waals surface area contributed by atoms with Crippen LogP contribution in [0.5, 0.6) is 0 Å². The van der Waals surface area contributed by atoms with Gasteiger partial charge in [-0.1, -0.05) is 30.3 Å². The van der Waals surface area contributed by atoms with Crippen molar-refractivity contribution in [2.75, 3.05) is 5.32 Å². The van der Waals surface area contributed by atoms with E-state index in [4.69, 9.17) is 5.11 Å². The summed E-state index contributed by atoms with van der Waals surface area (Å²) in [5.41, 5.74) is 1.23. The van der Waals surface area contributed by atoms with Gasteiger partial charge < -0.3 is 15.7 Å². The molecule has 2 rings (SSSR count). The van der Waals surface area contributed by atoms with Crippen LogP contribution in [0.3, 0.4) is 0 Å². The summed E-state index contributed by atoms with van der Waals surface area (Å²) in [6.07, 6.45) is -0.110. The lowest BCUT2D eigenvalue weighted by molar-refractivity contribution is -0.384. The van der Waals surface area contributed by atoms with Crippen LogP contribution < -0.4 is 10.6 Å². The highest BCUT2D eigenvalue weighted by Crippen LogP contribution is 2.16. The fourth-order valence-corrected chi connectivity index (χ4v) is 2.70.